The molecule has 0 saturated carbocycles. The number of nitrogens with zero attached hydrogens (tertiary/aromatic N) is 1. The van der Waals surface area contributed by atoms with Crippen LogP contribution in [0.15, 0.2) is 21.0 Å². The van der Waals surface area contributed by atoms with Gasteiger partial charge < -0.3 is 9.73 Å². The molecular weight excluding hydrogens is 292 g/mol. The van der Waals surface area contributed by atoms with Gasteiger partial charge in [0.25, 0.3) is 0 Å². The van der Waals surface area contributed by atoms with Crippen LogP contribution in [0, 0.1) is 0 Å². The fraction of sp³-hybridized carbons (Fsp3) is 0.500. The predicted octanol–water partition coefficient (Wildman–Crippen LogP) is 3.62. The standard InChI is InChI=1S/C14H17BrN2O/c1-2-9-6-11(15)7-12-13(9)18-14(17-12)10-4-3-5-16-8-10/h6-7,10,16H,2-5,8H2,1H3. The largest absolute Gasteiger partial charge is 0.440 e. The molecule has 4 heteroatoms. The first-order valence-electron chi connectivity index (χ1n) is 6.57. The van der Waals surface area contributed by atoms with Gasteiger partial charge >= 0.3 is 0 Å². The zero-order chi connectivity index (χ0) is 12.5. The van der Waals surface area contributed by atoms with Gasteiger partial charge in [-0.1, -0.05) is 22.9 Å². The lowest BCUT2D eigenvalue weighted by Crippen LogP contribution is -2.28. The molecule has 1 aliphatic heterocycles. The van der Waals surface area contributed by atoms with Crippen LogP contribution in [0.2, 0.25) is 0 Å². The van der Waals surface area contributed by atoms with Gasteiger partial charge in [0.2, 0.25) is 0 Å². The summed E-state index contributed by atoms with van der Waals surface area (Å²) >= 11 is 3.54. The first-order valence-corrected chi connectivity index (χ1v) is 7.37. The predicted molar refractivity (Wildman–Crippen MR) is 75.9 cm³/mol. The third-order valence-electron chi connectivity index (χ3n) is 3.58. The van der Waals surface area contributed by atoms with Gasteiger partial charge in [-0.25, -0.2) is 4.98 Å². The average molecular weight is 309 g/mol. The van der Waals surface area contributed by atoms with Crippen LogP contribution >= 0.6 is 15.9 Å². The van der Waals surface area contributed by atoms with E-state index in [4.69, 9.17) is 4.42 Å². The van der Waals surface area contributed by atoms with Gasteiger partial charge in [-0.3, -0.25) is 0 Å². The van der Waals surface area contributed by atoms with Gasteiger partial charge in [0.05, 0.1) is 0 Å². The second kappa shape index (κ2) is 5.02. The van der Waals surface area contributed by atoms with Crippen LogP contribution in [0.5, 0.6) is 0 Å². The summed E-state index contributed by atoms with van der Waals surface area (Å²) in [5, 5.41) is 3.41. The summed E-state index contributed by atoms with van der Waals surface area (Å²) in [6.45, 7) is 4.24. The highest BCUT2D eigenvalue weighted by molar-refractivity contribution is 9.10. The molecule has 1 saturated heterocycles. The van der Waals surface area contributed by atoms with Crippen molar-refractivity contribution in [1.82, 2.24) is 10.3 Å². The summed E-state index contributed by atoms with van der Waals surface area (Å²) in [5.41, 5.74) is 3.16. The fourth-order valence-electron chi connectivity index (χ4n) is 2.58. The minimum atomic E-state index is 0.426. The summed E-state index contributed by atoms with van der Waals surface area (Å²) in [4.78, 5) is 4.67. The van der Waals surface area contributed by atoms with Gasteiger partial charge in [-0.15, -0.1) is 0 Å². The molecular formula is C14H17BrN2O. The number of nitrogens with one attached hydrogen (secondary N) is 1. The first kappa shape index (κ1) is 12.2. The number of fused-ring (bicyclic) bond motifs is 1. The van der Waals surface area contributed by atoms with Crippen molar-refractivity contribution in [2.24, 2.45) is 0 Å². The zero-order valence-electron chi connectivity index (χ0n) is 10.5. The third kappa shape index (κ3) is 2.19. The van der Waals surface area contributed by atoms with Crippen molar-refractivity contribution in [3.63, 3.8) is 0 Å². The molecule has 96 valence electrons. The number of halogens is 1. The Morgan fingerprint density at radius 1 is 1.50 bits per heavy atom. The van der Waals surface area contributed by atoms with Crippen LogP contribution in [-0.4, -0.2) is 18.1 Å². The van der Waals surface area contributed by atoms with E-state index in [1.54, 1.807) is 0 Å². The molecule has 1 fully saturated rings. The van der Waals surface area contributed by atoms with Gasteiger partial charge in [0, 0.05) is 16.9 Å². The highest BCUT2D eigenvalue weighted by atomic mass is 79.9. The Labute approximate surface area is 115 Å². The number of oxazole rings is 1. The molecule has 0 amide bonds. The molecule has 1 aliphatic rings. The lowest BCUT2D eigenvalue weighted by molar-refractivity contribution is 0.387. The van der Waals surface area contributed by atoms with Crippen LogP contribution < -0.4 is 5.32 Å². The SMILES string of the molecule is CCc1cc(Br)cc2nc(C3CCCNC3)oc12. The molecule has 1 unspecified atom stereocenters. The van der Waals surface area contributed by atoms with E-state index in [1.807, 2.05) is 6.07 Å². The van der Waals surface area contributed by atoms with Crippen molar-refractivity contribution in [2.75, 3.05) is 13.1 Å². The molecule has 2 heterocycles. The maximum atomic E-state index is 6.01. The smallest absolute Gasteiger partial charge is 0.199 e. The number of rotatable bonds is 2. The Hall–Kier alpha value is -0.870. The molecule has 3 nitrogen and oxygen atoms in total. The van der Waals surface area contributed by atoms with Crippen molar-refractivity contribution in [2.45, 2.75) is 32.1 Å². The Kier molecular flexibility index (Phi) is 3.39. The summed E-state index contributed by atoms with van der Waals surface area (Å²) < 4.78 is 7.09. The Morgan fingerprint density at radius 3 is 3.11 bits per heavy atom. The molecule has 0 aliphatic carbocycles. The second-order valence-electron chi connectivity index (χ2n) is 4.86. The molecule has 1 aromatic carbocycles. The van der Waals surface area contributed by atoms with Crippen molar-refractivity contribution in [1.29, 1.82) is 0 Å². The van der Waals surface area contributed by atoms with E-state index in [0.29, 0.717) is 5.92 Å². The highest BCUT2D eigenvalue weighted by Crippen LogP contribution is 2.30. The number of benzene rings is 1. The molecule has 0 bridgehead atoms. The van der Waals surface area contributed by atoms with Crippen LogP contribution in [0.25, 0.3) is 11.1 Å². The lowest BCUT2D eigenvalue weighted by Gasteiger charge is -2.19. The Morgan fingerprint density at radius 2 is 2.39 bits per heavy atom. The average Bonchev–Trinajstić information content (AvgIpc) is 2.82. The van der Waals surface area contributed by atoms with Gasteiger partial charge in [0.15, 0.2) is 11.5 Å². The van der Waals surface area contributed by atoms with E-state index >= 15 is 0 Å². The van der Waals surface area contributed by atoms with Crippen LogP contribution in [0.3, 0.4) is 0 Å². The topological polar surface area (TPSA) is 38.1 Å². The van der Waals surface area contributed by atoms with Crippen LogP contribution in [0.1, 0.15) is 37.1 Å². The number of aromatic nitrogens is 1. The molecule has 3 rings (SSSR count). The van der Waals surface area contributed by atoms with E-state index in [0.717, 1.165) is 41.0 Å². The van der Waals surface area contributed by atoms with Gasteiger partial charge in [-0.05, 0) is 43.5 Å². The Balaban J connectivity index is 2.04. The summed E-state index contributed by atoms with van der Waals surface area (Å²) in [5.74, 6) is 1.32. The van der Waals surface area contributed by atoms with Gasteiger partial charge in [0.1, 0.15) is 5.52 Å². The first-order chi connectivity index (χ1) is 8.78. The van der Waals surface area contributed by atoms with E-state index in [-0.39, 0.29) is 0 Å². The van der Waals surface area contributed by atoms with Crippen molar-refractivity contribution >= 4 is 27.0 Å². The fourth-order valence-corrected chi connectivity index (χ4v) is 3.07. The summed E-state index contributed by atoms with van der Waals surface area (Å²) in [6, 6.07) is 4.16. The third-order valence-corrected chi connectivity index (χ3v) is 4.03. The second-order valence-corrected chi connectivity index (χ2v) is 5.78. The minimum Gasteiger partial charge on any atom is -0.440 e. The van der Waals surface area contributed by atoms with Gasteiger partial charge in [-0.2, -0.15) is 0 Å². The molecule has 1 N–H and O–H groups in total. The van der Waals surface area contributed by atoms with Crippen molar-refractivity contribution in [3.05, 3.63) is 28.1 Å². The summed E-state index contributed by atoms with van der Waals surface area (Å²) in [7, 11) is 0. The molecule has 18 heavy (non-hydrogen) atoms. The van der Waals surface area contributed by atoms with E-state index in [9.17, 15) is 0 Å². The molecule has 1 aromatic heterocycles. The Bertz CT molecular complexity index is 558. The normalized spacial score (nSPS) is 20.4. The number of hydrogen-bond donors (Lipinski definition) is 1. The zero-order valence-corrected chi connectivity index (χ0v) is 12.1. The minimum absolute atomic E-state index is 0.426. The maximum Gasteiger partial charge on any atom is 0.199 e. The quantitative estimate of drug-likeness (QED) is 0.921. The van der Waals surface area contributed by atoms with Crippen LogP contribution in [0.4, 0.5) is 0 Å². The number of hydrogen-bond acceptors (Lipinski definition) is 3. The van der Waals surface area contributed by atoms with Crippen molar-refractivity contribution < 1.29 is 4.42 Å². The van der Waals surface area contributed by atoms with Crippen LogP contribution in [-0.2, 0) is 6.42 Å². The lowest BCUT2D eigenvalue weighted by atomic mass is 10.00. The number of aryl methyl sites for hydroxylation is 1. The molecule has 1 atom stereocenters. The maximum absolute atomic E-state index is 6.01. The molecule has 2 aromatic rings. The highest BCUT2D eigenvalue weighted by Gasteiger charge is 2.21. The van der Waals surface area contributed by atoms with E-state index in [2.05, 4.69) is 39.2 Å². The van der Waals surface area contributed by atoms with E-state index < -0.39 is 0 Å². The summed E-state index contributed by atoms with van der Waals surface area (Å²) in [6.07, 6.45) is 3.34. The molecule has 0 radical (unpaired) electrons. The molecule has 0 spiro atoms. The monoisotopic (exact) mass is 308 g/mol. The van der Waals surface area contributed by atoms with Crippen molar-refractivity contribution in [3.8, 4) is 0 Å². The number of piperidine rings is 1. The van der Waals surface area contributed by atoms with E-state index in [1.165, 1.54) is 18.4 Å².